The first-order valence-electron chi connectivity index (χ1n) is 10.4. The van der Waals surface area contributed by atoms with E-state index in [-0.39, 0.29) is 30.9 Å². The van der Waals surface area contributed by atoms with Crippen molar-refractivity contribution < 1.29 is 31.9 Å². The van der Waals surface area contributed by atoms with Gasteiger partial charge in [-0.3, -0.25) is 10.1 Å². The Balaban J connectivity index is 1.52. The van der Waals surface area contributed by atoms with Crippen molar-refractivity contribution in [1.29, 1.82) is 0 Å². The van der Waals surface area contributed by atoms with Crippen molar-refractivity contribution in [2.24, 2.45) is 0 Å². The number of carbonyl (C=O) groups excluding carboxylic acids is 2. The van der Waals surface area contributed by atoms with Crippen LogP contribution in [0.15, 0.2) is 48.5 Å². The summed E-state index contributed by atoms with van der Waals surface area (Å²) in [4.78, 5) is 23.9. The van der Waals surface area contributed by atoms with E-state index in [2.05, 4.69) is 16.0 Å². The number of halogens is 4. The Hall–Kier alpha value is -2.98. The summed E-state index contributed by atoms with van der Waals surface area (Å²) in [7, 11) is 0. The molecule has 2 heterocycles. The van der Waals surface area contributed by atoms with Gasteiger partial charge in [-0.15, -0.1) is 0 Å². The summed E-state index contributed by atoms with van der Waals surface area (Å²) in [6, 6.07) is 11.9. The second-order valence-electron chi connectivity index (χ2n) is 8.45. The van der Waals surface area contributed by atoms with Crippen LogP contribution >= 0.6 is 0 Å². The number of urea groups is 1. The monoisotopic (exact) mass is 465 g/mol. The summed E-state index contributed by atoms with van der Waals surface area (Å²) in [6.45, 7) is -0.889. The van der Waals surface area contributed by atoms with Crippen LogP contribution in [0.2, 0.25) is 0 Å². The number of benzene rings is 2. The Morgan fingerprint density at radius 2 is 1.73 bits per heavy atom. The van der Waals surface area contributed by atoms with Gasteiger partial charge in [0.1, 0.15) is 12.2 Å². The van der Waals surface area contributed by atoms with Gasteiger partial charge in [-0.1, -0.05) is 36.4 Å². The fraction of sp³-hybridized carbons (Fsp3) is 0.391. The lowest BCUT2D eigenvalue weighted by atomic mass is 9.76. The smallest absolute Gasteiger partial charge is 0.374 e. The summed E-state index contributed by atoms with van der Waals surface area (Å²) in [5.41, 5.74) is -1.65. The quantitative estimate of drug-likeness (QED) is 0.451. The van der Waals surface area contributed by atoms with Gasteiger partial charge in [0.05, 0.1) is 24.3 Å². The highest BCUT2D eigenvalue weighted by Crippen LogP contribution is 2.36. The van der Waals surface area contributed by atoms with Crippen LogP contribution in [0.3, 0.4) is 0 Å². The van der Waals surface area contributed by atoms with Gasteiger partial charge in [-0.25, -0.2) is 9.18 Å². The summed E-state index contributed by atoms with van der Waals surface area (Å²) in [5, 5.41) is 8.27. The fourth-order valence-corrected chi connectivity index (χ4v) is 4.39. The molecule has 4 rings (SSSR count). The van der Waals surface area contributed by atoms with Crippen molar-refractivity contribution in [3.63, 3.8) is 0 Å². The molecule has 0 aliphatic carbocycles. The Morgan fingerprint density at radius 3 is 2.30 bits per heavy atom. The van der Waals surface area contributed by atoms with Crippen LogP contribution in [-0.4, -0.2) is 30.6 Å². The molecular weight excluding hydrogens is 442 g/mol. The molecule has 33 heavy (non-hydrogen) atoms. The van der Waals surface area contributed by atoms with Crippen LogP contribution in [0.1, 0.15) is 35.1 Å². The molecule has 0 bridgehead atoms. The lowest BCUT2D eigenvalue weighted by Gasteiger charge is -2.44. The molecule has 2 aromatic rings. The molecule has 2 aliphatic rings. The van der Waals surface area contributed by atoms with E-state index in [1.54, 1.807) is 0 Å². The fourth-order valence-electron chi connectivity index (χ4n) is 4.39. The van der Waals surface area contributed by atoms with Crippen molar-refractivity contribution in [3.8, 4) is 0 Å². The zero-order valence-corrected chi connectivity index (χ0v) is 17.6. The SMILES string of the molecule is O=C1NC(=O)C2(CC[C@@](COCc3cc(CF)cc(C(F)(F)F)c3)(c3ccccc3)NC2)N1. The first kappa shape index (κ1) is 23.2. The predicted octanol–water partition coefficient (Wildman–Crippen LogP) is 3.55. The van der Waals surface area contributed by atoms with Gasteiger partial charge in [0.15, 0.2) is 0 Å². The van der Waals surface area contributed by atoms with E-state index in [4.69, 9.17) is 4.74 Å². The second kappa shape index (κ2) is 8.75. The molecule has 3 amide bonds. The highest BCUT2D eigenvalue weighted by molar-refractivity contribution is 6.07. The summed E-state index contributed by atoms with van der Waals surface area (Å²) < 4.78 is 58.4. The number of alkyl halides is 4. The van der Waals surface area contributed by atoms with Crippen LogP contribution in [-0.2, 0) is 34.5 Å². The van der Waals surface area contributed by atoms with Crippen molar-refractivity contribution >= 4 is 11.9 Å². The molecule has 176 valence electrons. The number of ether oxygens (including phenoxy) is 1. The minimum Gasteiger partial charge on any atom is -0.374 e. The number of hydrogen-bond donors (Lipinski definition) is 3. The molecule has 1 spiro atoms. The average Bonchev–Trinajstić information content (AvgIpc) is 3.07. The molecule has 3 N–H and O–H groups in total. The number of carbonyl (C=O) groups is 2. The van der Waals surface area contributed by atoms with Gasteiger partial charge in [0.25, 0.3) is 5.91 Å². The molecule has 6 nitrogen and oxygen atoms in total. The molecule has 0 saturated carbocycles. The lowest BCUT2D eigenvalue weighted by Crippen LogP contribution is -2.64. The van der Waals surface area contributed by atoms with Gasteiger partial charge in [0, 0.05) is 6.54 Å². The first-order chi connectivity index (χ1) is 15.7. The highest BCUT2D eigenvalue weighted by Gasteiger charge is 2.52. The Labute approximate surface area is 187 Å². The average molecular weight is 465 g/mol. The third-order valence-electron chi connectivity index (χ3n) is 6.20. The molecule has 10 heteroatoms. The zero-order valence-electron chi connectivity index (χ0n) is 17.6. The Morgan fingerprint density at radius 1 is 1.00 bits per heavy atom. The van der Waals surface area contributed by atoms with E-state index in [9.17, 15) is 27.2 Å². The molecule has 2 saturated heterocycles. The number of hydrogen-bond acceptors (Lipinski definition) is 4. The molecule has 2 atom stereocenters. The van der Waals surface area contributed by atoms with E-state index >= 15 is 0 Å². The van der Waals surface area contributed by atoms with Gasteiger partial charge in [-0.05, 0) is 41.7 Å². The molecular formula is C23H23F4N3O3. The Kier molecular flexibility index (Phi) is 6.15. The zero-order chi connectivity index (χ0) is 23.7. The molecule has 0 radical (unpaired) electrons. The molecule has 1 unspecified atom stereocenters. The number of amides is 3. The van der Waals surface area contributed by atoms with Crippen LogP contribution in [0, 0.1) is 0 Å². The van der Waals surface area contributed by atoms with Crippen LogP contribution in [0.25, 0.3) is 0 Å². The maximum Gasteiger partial charge on any atom is 0.416 e. The number of piperidine rings is 1. The summed E-state index contributed by atoms with van der Waals surface area (Å²) in [6.07, 6.45) is -3.80. The number of nitrogens with one attached hydrogen (secondary N) is 3. The second-order valence-corrected chi connectivity index (χ2v) is 8.45. The lowest BCUT2D eigenvalue weighted by molar-refractivity contribution is -0.137. The molecule has 2 aliphatic heterocycles. The van der Waals surface area contributed by atoms with Crippen LogP contribution in [0.4, 0.5) is 22.4 Å². The van der Waals surface area contributed by atoms with Crippen molar-refractivity contribution in [2.45, 2.75) is 43.4 Å². The number of imide groups is 1. The van der Waals surface area contributed by atoms with Crippen LogP contribution < -0.4 is 16.0 Å². The van der Waals surface area contributed by atoms with Gasteiger partial charge < -0.3 is 15.4 Å². The van der Waals surface area contributed by atoms with E-state index in [0.717, 1.165) is 17.7 Å². The maximum atomic E-state index is 13.1. The molecule has 2 fully saturated rings. The third-order valence-corrected chi connectivity index (χ3v) is 6.20. The van der Waals surface area contributed by atoms with Gasteiger partial charge in [0.2, 0.25) is 0 Å². The topological polar surface area (TPSA) is 79.5 Å². The van der Waals surface area contributed by atoms with Crippen molar-refractivity contribution in [3.05, 3.63) is 70.8 Å². The van der Waals surface area contributed by atoms with E-state index < -0.39 is 41.4 Å². The maximum absolute atomic E-state index is 13.1. The standard InChI is InChI=1S/C23H23F4N3O3/c24-11-15-8-16(10-18(9-15)23(25,26)27)12-33-14-22(17-4-2-1-3-5-17)7-6-21(13-28-22)19(31)29-20(32)30-21/h1-5,8-10,28H,6-7,11-14H2,(H2,29,30,31,32)/t21?,22-/m1/s1. The first-order valence-corrected chi connectivity index (χ1v) is 10.4. The molecule has 2 aromatic carbocycles. The largest absolute Gasteiger partial charge is 0.416 e. The van der Waals surface area contributed by atoms with E-state index in [1.165, 1.54) is 6.07 Å². The van der Waals surface area contributed by atoms with Crippen LogP contribution in [0.5, 0.6) is 0 Å². The predicted molar refractivity (Wildman–Crippen MR) is 111 cm³/mol. The van der Waals surface area contributed by atoms with E-state index in [1.807, 2.05) is 30.3 Å². The Bertz CT molecular complexity index is 1030. The van der Waals surface area contributed by atoms with Crippen molar-refractivity contribution in [1.82, 2.24) is 16.0 Å². The number of rotatable bonds is 6. The van der Waals surface area contributed by atoms with E-state index in [0.29, 0.717) is 12.8 Å². The minimum absolute atomic E-state index is 0.0677. The highest BCUT2D eigenvalue weighted by atomic mass is 19.4. The summed E-state index contributed by atoms with van der Waals surface area (Å²) >= 11 is 0. The molecule has 0 aromatic heterocycles. The minimum atomic E-state index is -4.59. The van der Waals surface area contributed by atoms with Crippen molar-refractivity contribution in [2.75, 3.05) is 13.2 Å². The van der Waals surface area contributed by atoms with Gasteiger partial charge >= 0.3 is 12.2 Å². The third kappa shape index (κ3) is 4.72. The van der Waals surface area contributed by atoms with Gasteiger partial charge in [-0.2, -0.15) is 13.2 Å². The summed E-state index contributed by atoms with van der Waals surface area (Å²) in [5.74, 6) is -0.398. The normalized spacial score (nSPS) is 25.2.